The molecule has 0 amide bonds. The number of aryl methyl sites for hydroxylation is 1. The van der Waals surface area contributed by atoms with Gasteiger partial charge in [0, 0.05) is 15.7 Å². The maximum absolute atomic E-state index is 12.1. The predicted octanol–water partition coefficient (Wildman–Crippen LogP) is 3.27. The SMILES string of the molecule is COS(=O)(=O)c1ccc(Br)cc1-c1cc(C)nc(SC)n1. The van der Waals surface area contributed by atoms with Crippen LogP contribution in [-0.4, -0.2) is 31.8 Å². The zero-order valence-electron chi connectivity index (χ0n) is 11.6. The van der Waals surface area contributed by atoms with Gasteiger partial charge in [0.25, 0.3) is 10.1 Å². The number of aromatic nitrogens is 2. The Bertz CT molecular complexity index is 779. The Hall–Kier alpha value is -0.960. The minimum absolute atomic E-state index is 0.0818. The Kier molecular flexibility index (Phi) is 5.03. The summed E-state index contributed by atoms with van der Waals surface area (Å²) in [5.41, 5.74) is 1.79. The lowest BCUT2D eigenvalue weighted by atomic mass is 10.1. The first-order chi connectivity index (χ1) is 9.87. The van der Waals surface area contributed by atoms with E-state index in [1.807, 2.05) is 13.2 Å². The Labute approximate surface area is 136 Å². The van der Waals surface area contributed by atoms with E-state index in [2.05, 4.69) is 30.1 Å². The second kappa shape index (κ2) is 6.43. The summed E-state index contributed by atoms with van der Waals surface area (Å²) in [5, 5.41) is 0.589. The molecule has 0 saturated carbocycles. The van der Waals surface area contributed by atoms with Crippen LogP contribution >= 0.6 is 27.7 Å². The van der Waals surface area contributed by atoms with Gasteiger partial charge in [0.2, 0.25) is 0 Å². The second-order valence-electron chi connectivity index (χ2n) is 4.14. The topological polar surface area (TPSA) is 69.2 Å². The molecule has 5 nitrogen and oxygen atoms in total. The van der Waals surface area contributed by atoms with Crippen molar-refractivity contribution in [2.24, 2.45) is 0 Å². The van der Waals surface area contributed by atoms with Gasteiger partial charge >= 0.3 is 0 Å². The van der Waals surface area contributed by atoms with Crippen LogP contribution in [0.25, 0.3) is 11.3 Å². The van der Waals surface area contributed by atoms with E-state index in [1.54, 1.807) is 18.2 Å². The van der Waals surface area contributed by atoms with Gasteiger partial charge in [-0.05, 0) is 37.4 Å². The molecule has 1 heterocycles. The summed E-state index contributed by atoms with van der Waals surface area (Å²) < 4.78 is 29.5. The molecule has 8 heteroatoms. The Morgan fingerprint density at radius 3 is 2.57 bits per heavy atom. The molecule has 21 heavy (non-hydrogen) atoms. The first-order valence-corrected chi connectivity index (χ1v) is 9.30. The third kappa shape index (κ3) is 3.63. The molecule has 0 N–H and O–H groups in total. The molecule has 0 saturated heterocycles. The number of halogens is 1. The normalized spacial score (nSPS) is 11.6. The van der Waals surface area contributed by atoms with E-state index >= 15 is 0 Å². The summed E-state index contributed by atoms with van der Waals surface area (Å²) in [6, 6.07) is 6.60. The van der Waals surface area contributed by atoms with Crippen LogP contribution in [-0.2, 0) is 14.3 Å². The summed E-state index contributed by atoms with van der Waals surface area (Å²) in [5.74, 6) is 0. The fourth-order valence-corrected chi connectivity index (χ4v) is 3.41. The van der Waals surface area contributed by atoms with Gasteiger partial charge in [0.1, 0.15) is 4.90 Å². The van der Waals surface area contributed by atoms with Crippen molar-refractivity contribution in [1.29, 1.82) is 0 Å². The highest BCUT2D eigenvalue weighted by Crippen LogP contribution is 2.31. The van der Waals surface area contributed by atoms with E-state index in [9.17, 15) is 8.42 Å². The van der Waals surface area contributed by atoms with Gasteiger partial charge in [-0.1, -0.05) is 27.7 Å². The molecule has 0 aliphatic rings. The number of rotatable bonds is 4. The highest BCUT2D eigenvalue weighted by molar-refractivity contribution is 9.10. The van der Waals surface area contributed by atoms with Crippen molar-refractivity contribution in [1.82, 2.24) is 9.97 Å². The first-order valence-electron chi connectivity index (χ1n) is 5.87. The number of hydrogen-bond acceptors (Lipinski definition) is 6. The van der Waals surface area contributed by atoms with Crippen LogP contribution in [0.4, 0.5) is 0 Å². The van der Waals surface area contributed by atoms with Gasteiger partial charge in [-0.2, -0.15) is 8.42 Å². The van der Waals surface area contributed by atoms with Gasteiger partial charge in [-0.25, -0.2) is 9.97 Å². The van der Waals surface area contributed by atoms with Crippen molar-refractivity contribution < 1.29 is 12.6 Å². The smallest absolute Gasteiger partial charge is 0.270 e. The molecule has 112 valence electrons. The van der Waals surface area contributed by atoms with Gasteiger partial charge in [-0.3, -0.25) is 4.18 Å². The highest BCUT2D eigenvalue weighted by atomic mass is 79.9. The fraction of sp³-hybridized carbons (Fsp3) is 0.231. The largest absolute Gasteiger partial charge is 0.297 e. The van der Waals surface area contributed by atoms with Crippen LogP contribution in [0.1, 0.15) is 5.69 Å². The van der Waals surface area contributed by atoms with Crippen LogP contribution in [0.5, 0.6) is 0 Å². The molecule has 1 aromatic heterocycles. The molecular weight excluding hydrogens is 376 g/mol. The molecule has 0 fully saturated rings. The van der Waals surface area contributed by atoms with E-state index < -0.39 is 10.1 Å². The molecule has 1 aromatic carbocycles. The summed E-state index contributed by atoms with van der Waals surface area (Å²) in [6.45, 7) is 1.84. The monoisotopic (exact) mass is 388 g/mol. The lowest BCUT2D eigenvalue weighted by Gasteiger charge is -2.10. The number of hydrogen-bond donors (Lipinski definition) is 0. The van der Waals surface area contributed by atoms with Gasteiger partial charge in [0.15, 0.2) is 5.16 Å². The third-order valence-corrected chi connectivity index (χ3v) is 5.10. The van der Waals surface area contributed by atoms with Crippen LogP contribution in [0.15, 0.2) is 38.8 Å². The zero-order valence-corrected chi connectivity index (χ0v) is 14.8. The van der Waals surface area contributed by atoms with Crippen molar-refractivity contribution in [2.75, 3.05) is 13.4 Å². The highest BCUT2D eigenvalue weighted by Gasteiger charge is 2.20. The molecule has 0 spiro atoms. The van der Waals surface area contributed by atoms with Gasteiger partial charge in [-0.15, -0.1) is 0 Å². The first kappa shape index (κ1) is 16.4. The van der Waals surface area contributed by atoms with E-state index in [-0.39, 0.29) is 4.90 Å². The van der Waals surface area contributed by atoms with Crippen molar-refractivity contribution in [3.8, 4) is 11.3 Å². The summed E-state index contributed by atoms with van der Waals surface area (Å²) in [4.78, 5) is 8.74. The second-order valence-corrected chi connectivity index (χ2v) is 7.51. The van der Waals surface area contributed by atoms with E-state index in [1.165, 1.54) is 17.8 Å². The van der Waals surface area contributed by atoms with Crippen molar-refractivity contribution in [2.45, 2.75) is 17.0 Å². The quantitative estimate of drug-likeness (QED) is 0.454. The van der Waals surface area contributed by atoms with Crippen LogP contribution < -0.4 is 0 Å². The lowest BCUT2D eigenvalue weighted by molar-refractivity contribution is 0.398. The van der Waals surface area contributed by atoms with Crippen molar-refractivity contribution in [3.63, 3.8) is 0 Å². The number of thioether (sulfide) groups is 1. The minimum atomic E-state index is -3.81. The maximum atomic E-state index is 12.1. The summed E-state index contributed by atoms with van der Waals surface area (Å²) >= 11 is 4.75. The predicted molar refractivity (Wildman–Crippen MR) is 85.9 cm³/mol. The third-order valence-electron chi connectivity index (χ3n) is 2.72. The fourth-order valence-electron chi connectivity index (χ4n) is 1.78. The van der Waals surface area contributed by atoms with E-state index in [0.717, 1.165) is 17.3 Å². The standard InChI is InChI=1S/C13H13BrN2O3S2/c1-8-6-11(16-13(15-8)20-3)10-7-9(14)4-5-12(10)21(17,18)19-2/h4-7H,1-3H3. The van der Waals surface area contributed by atoms with Gasteiger partial charge in [0.05, 0.1) is 12.8 Å². The Balaban J connectivity index is 2.74. The molecule has 0 unspecified atom stereocenters. The minimum Gasteiger partial charge on any atom is -0.270 e. The molecule has 0 bridgehead atoms. The van der Waals surface area contributed by atoms with Gasteiger partial charge < -0.3 is 0 Å². The average molecular weight is 389 g/mol. The molecular formula is C13H13BrN2O3S2. The summed E-state index contributed by atoms with van der Waals surface area (Å²) in [6.07, 6.45) is 1.87. The zero-order chi connectivity index (χ0) is 15.6. The molecule has 0 atom stereocenters. The Morgan fingerprint density at radius 1 is 1.24 bits per heavy atom. The van der Waals surface area contributed by atoms with E-state index in [0.29, 0.717) is 16.4 Å². The van der Waals surface area contributed by atoms with Crippen molar-refractivity contribution >= 4 is 37.8 Å². The number of nitrogens with zero attached hydrogens (tertiary/aromatic N) is 2. The molecule has 0 radical (unpaired) electrons. The average Bonchev–Trinajstić information content (AvgIpc) is 2.46. The Morgan fingerprint density at radius 2 is 1.95 bits per heavy atom. The van der Waals surface area contributed by atoms with Crippen molar-refractivity contribution in [3.05, 3.63) is 34.4 Å². The van der Waals surface area contributed by atoms with Crippen LogP contribution in [0.3, 0.4) is 0 Å². The molecule has 2 rings (SSSR count). The molecule has 0 aliphatic carbocycles. The van der Waals surface area contributed by atoms with Crippen LogP contribution in [0, 0.1) is 6.92 Å². The lowest BCUT2D eigenvalue weighted by Crippen LogP contribution is -2.06. The van der Waals surface area contributed by atoms with Crippen LogP contribution in [0.2, 0.25) is 0 Å². The molecule has 2 aromatic rings. The molecule has 0 aliphatic heterocycles. The van der Waals surface area contributed by atoms with E-state index in [4.69, 9.17) is 0 Å². The maximum Gasteiger partial charge on any atom is 0.297 e. The number of benzene rings is 1. The summed E-state index contributed by atoms with van der Waals surface area (Å²) in [7, 11) is -2.68.